The number of hydrogen-bond donors (Lipinski definition) is 0. The van der Waals surface area contributed by atoms with E-state index in [1.165, 1.54) is 0 Å². The zero-order valence-electron chi connectivity index (χ0n) is 5.90. The van der Waals surface area contributed by atoms with Crippen molar-refractivity contribution in [2.45, 2.75) is 12.4 Å². The Hall–Kier alpha value is -0.0410. The molecule has 0 saturated carbocycles. The van der Waals surface area contributed by atoms with E-state index in [2.05, 4.69) is 0 Å². The molecule has 0 aromatic heterocycles. The number of halogens is 6. The fourth-order valence-corrected chi connectivity index (χ4v) is 4.59. The first kappa shape index (κ1) is 14.0. The third-order valence-electron chi connectivity index (χ3n) is 0.656. The van der Waals surface area contributed by atoms with Gasteiger partial charge in [-0.3, -0.25) is 0 Å². The maximum atomic E-state index is 11.5. The van der Waals surface area contributed by atoms with Crippen LogP contribution in [0.5, 0.6) is 0 Å². The Labute approximate surface area is 84.3 Å². The van der Waals surface area contributed by atoms with Gasteiger partial charge in [0.2, 0.25) is 0 Å². The summed E-state index contributed by atoms with van der Waals surface area (Å²) in [6.45, 7) is 0. The Bertz CT molecular complexity index is 217. The van der Waals surface area contributed by atoms with Crippen LogP contribution in [0.25, 0.3) is 0 Å². The zero-order chi connectivity index (χ0) is 11.6. The summed E-state index contributed by atoms with van der Waals surface area (Å²) in [5.74, 6) is 0. The van der Waals surface area contributed by atoms with E-state index in [4.69, 9.17) is 0 Å². The third-order valence-corrected chi connectivity index (χ3v) is 6.65. The summed E-state index contributed by atoms with van der Waals surface area (Å²) in [6, 6.07) is 0. The first-order valence-corrected chi connectivity index (χ1v) is 8.66. The van der Waals surface area contributed by atoms with Crippen LogP contribution in [0.1, 0.15) is 0 Å². The van der Waals surface area contributed by atoms with Gasteiger partial charge in [0, 0.05) is 0 Å². The number of hydrogen-bond acceptors (Lipinski definition) is 2. The fraction of sp³-hybridized carbons (Fsp3) is 0.500. The molecule has 0 radical (unpaired) electrons. The monoisotopic (exact) mass is 354 g/mol. The van der Waals surface area contributed by atoms with Crippen LogP contribution in [0.4, 0.5) is 26.3 Å². The van der Waals surface area contributed by atoms with Gasteiger partial charge in [0.15, 0.2) is 0 Å². The molecule has 2 nitrogen and oxygen atoms in total. The van der Waals surface area contributed by atoms with Crippen molar-refractivity contribution in [3.63, 3.8) is 0 Å². The standard InChI is InChI=1S/C4F6O2Se2/c5-3(6,7)1(11)13-14-2(12)4(8,9)10. The van der Waals surface area contributed by atoms with Gasteiger partial charge in [-0.1, -0.05) is 0 Å². The number of rotatable bonds is 3. The van der Waals surface area contributed by atoms with Crippen LogP contribution >= 0.6 is 0 Å². The molecule has 10 heteroatoms. The molecule has 0 unspecified atom stereocenters. The predicted octanol–water partition coefficient (Wildman–Crippen LogP) is 0.488. The van der Waals surface area contributed by atoms with E-state index < -0.39 is 48.0 Å². The minimum atomic E-state index is -5.15. The molecule has 0 aromatic rings. The van der Waals surface area contributed by atoms with Crippen molar-refractivity contribution in [3.05, 3.63) is 0 Å². The van der Waals surface area contributed by atoms with Crippen LogP contribution in [-0.4, -0.2) is 48.0 Å². The Balaban J connectivity index is 4.10. The van der Waals surface area contributed by atoms with Crippen molar-refractivity contribution in [2.24, 2.45) is 0 Å². The van der Waals surface area contributed by atoms with Gasteiger partial charge in [-0.05, 0) is 0 Å². The molecular weight excluding hydrogens is 352 g/mol. The molecule has 0 aliphatic carbocycles. The molecule has 14 heavy (non-hydrogen) atoms. The van der Waals surface area contributed by atoms with Crippen molar-refractivity contribution >= 4 is 35.6 Å². The van der Waals surface area contributed by atoms with Crippen LogP contribution in [0.15, 0.2) is 0 Å². The summed E-state index contributed by atoms with van der Waals surface area (Å²) in [5.41, 5.74) is 0. The zero-order valence-corrected chi connectivity index (χ0v) is 9.33. The van der Waals surface area contributed by atoms with Crippen molar-refractivity contribution < 1.29 is 35.9 Å². The molecular formula is C4F6O2Se2. The molecule has 0 atom stereocenters. The molecule has 0 aliphatic heterocycles. The second-order valence-corrected chi connectivity index (χ2v) is 7.63. The van der Waals surface area contributed by atoms with Crippen molar-refractivity contribution in [3.8, 4) is 0 Å². The van der Waals surface area contributed by atoms with Crippen LogP contribution in [0.2, 0.25) is 0 Å². The van der Waals surface area contributed by atoms with Crippen LogP contribution in [0, 0.1) is 0 Å². The first-order valence-electron chi connectivity index (χ1n) is 2.62. The third kappa shape index (κ3) is 4.99. The van der Waals surface area contributed by atoms with Gasteiger partial charge in [-0.15, -0.1) is 0 Å². The molecule has 0 spiro atoms. The molecule has 0 N–H and O–H groups in total. The second-order valence-electron chi connectivity index (χ2n) is 1.74. The van der Waals surface area contributed by atoms with Gasteiger partial charge in [0.1, 0.15) is 0 Å². The fourth-order valence-electron chi connectivity index (χ4n) is 0.170. The van der Waals surface area contributed by atoms with E-state index in [-0.39, 0.29) is 0 Å². The maximum absolute atomic E-state index is 11.5. The van der Waals surface area contributed by atoms with Gasteiger partial charge in [-0.2, -0.15) is 0 Å². The molecule has 0 amide bonds. The molecule has 0 aromatic carbocycles. The van der Waals surface area contributed by atoms with Gasteiger partial charge in [0.25, 0.3) is 0 Å². The topological polar surface area (TPSA) is 34.1 Å². The summed E-state index contributed by atoms with van der Waals surface area (Å²) in [6.07, 6.45) is -10.3. The number of carbonyl (C=O) groups is 2. The molecule has 0 bridgehead atoms. The van der Waals surface area contributed by atoms with Gasteiger partial charge >= 0.3 is 83.9 Å². The Kier molecular flexibility index (Phi) is 4.64. The van der Waals surface area contributed by atoms with E-state index in [1.54, 1.807) is 0 Å². The number of carbonyl (C=O) groups excluding carboxylic acids is 2. The minimum absolute atomic E-state index is 1.97. The van der Waals surface area contributed by atoms with Gasteiger partial charge in [0.05, 0.1) is 0 Å². The van der Waals surface area contributed by atoms with E-state index in [9.17, 15) is 35.9 Å². The van der Waals surface area contributed by atoms with E-state index in [0.717, 1.165) is 0 Å². The number of alkyl halides is 6. The average molecular weight is 352 g/mol. The molecule has 82 valence electrons. The summed E-state index contributed by atoms with van der Waals surface area (Å²) in [7, 11) is 0. The average Bonchev–Trinajstić information content (AvgIpc) is 1.95. The first-order chi connectivity index (χ1) is 6.05. The summed E-state index contributed by atoms with van der Waals surface area (Å²) < 4.78 is 64.4. The quantitative estimate of drug-likeness (QED) is 0.548. The SMILES string of the molecule is O=C([Se][Se]C(=O)C(F)(F)F)C(F)(F)F. The Morgan fingerprint density at radius 2 is 0.929 bits per heavy atom. The molecule has 0 saturated heterocycles. The van der Waals surface area contributed by atoms with E-state index in [0.29, 0.717) is 0 Å². The second kappa shape index (κ2) is 4.65. The molecule has 0 aliphatic rings. The van der Waals surface area contributed by atoms with Crippen LogP contribution < -0.4 is 0 Å². The van der Waals surface area contributed by atoms with Crippen molar-refractivity contribution in [1.29, 1.82) is 0 Å². The molecule has 0 fully saturated rings. The van der Waals surface area contributed by atoms with Gasteiger partial charge in [-0.25, -0.2) is 0 Å². The van der Waals surface area contributed by atoms with E-state index in [1.807, 2.05) is 0 Å². The summed E-state index contributed by atoms with van der Waals surface area (Å²) in [4.78, 5) is 20.2. The summed E-state index contributed by atoms with van der Waals surface area (Å²) >= 11 is -3.95. The van der Waals surface area contributed by atoms with Gasteiger partial charge < -0.3 is 0 Å². The predicted molar refractivity (Wildman–Crippen MR) is 33.6 cm³/mol. The molecule has 0 heterocycles. The van der Waals surface area contributed by atoms with E-state index >= 15 is 0 Å². The Morgan fingerprint density at radius 1 is 0.714 bits per heavy atom. The van der Waals surface area contributed by atoms with Crippen LogP contribution in [-0.2, 0) is 9.59 Å². The van der Waals surface area contributed by atoms with Crippen molar-refractivity contribution in [1.82, 2.24) is 0 Å². The Morgan fingerprint density at radius 3 is 1.07 bits per heavy atom. The van der Waals surface area contributed by atoms with Crippen molar-refractivity contribution in [2.75, 3.05) is 0 Å². The normalized spacial score (nSPS) is 12.7. The van der Waals surface area contributed by atoms with Crippen LogP contribution in [0.3, 0.4) is 0 Å². The summed E-state index contributed by atoms with van der Waals surface area (Å²) in [5, 5.41) is 0. The molecule has 0 rings (SSSR count).